The summed E-state index contributed by atoms with van der Waals surface area (Å²) in [6.45, 7) is 0.150. The normalized spacial score (nSPS) is 12.2. The number of hydrogen-bond acceptors (Lipinski definition) is 2. The lowest BCUT2D eigenvalue weighted by Crippen LogP contribution is -2.17. The van der Waals surface area contributed by atoms with Gasteiger partial charge in [-0.15, -0.1) is 13.2 Å². The fraction of sp³-hybridized carbons (Fsp3) is 0.333. The molecule has 0 amide bonds. The molecule has 1 heterocycles. The number of nitrogens with zero attached hydrogens (tertiary/aromatic N) is 1. The lowest BCUT2D eigenvalue weighted by Gasteiger charge is -2.09. The molecule has 1 aromatic carbocycles. The second-order valence-electron chi connectivity index (χ2n) is 3.86. The van der Waals surface area contributed by atoms with Gasteiger partial charge in [-0.05, 0) is 17.7 Å². The minimum absolute atomic E-state index is 0.150. The third-order valence-corrected chi connectivity index (χ3v) is 2.72. The van der Waals surface area contributed by atoms with E-state index < -0.39 is 13.0 Å². The van der Waals surface area contributed by atoms with Crippen LogP contribution in [0.25, 0.3) is 10.9 Å². The lowest BCUT2D eigenvalue weighted by molar-refractivity contribution is -0.325. The molecule has 3 nitrogen and oxygen atoms in total. The molecular weight excluding hydrogens is 245 g/mol. The van der Waals surface area contributed by atoms with Gasteiger partial charge in [-0.1, -0.05) is 12.1 Å². The summed E-state index contributed by atoms with van der Waals surface area (Å²) in [4.78, 5) is 0. The van der Waals surface area contributed by atoms with Gasteiger partial charge in [-0.25, -0.2) is 0 Å². The van der Waals surface area contributed by atoms with Crippen LogP contribution in [-0.4, -0.2) is 17.5 Å². The number of ether oxygens (including phenoxy) is 1. The Hall–Kier alpha value is -1.53. The van der Waals surface area contributed by atoms with Crippen LogP contribution >= 0.6 is 0 Å². The summed E-state index contributed by atoms with van der Waals surface area (Å²) in [7, 11) is 0. The number of fused-ring (bicyclic) bond motifs is 1. The van der Waals surface area contributed by atoms with Gasteiger partial charge >= 0.3 is 6.36 Å². The first-order chi connectivity index (χ1) is 8.51. The zero-order valence-electron chi connectivity index (χ0n) is 9.57. The highest BCUT2D eigenvalue weighted by Gasteiger charge is 2.28. The van der Waals surface area contributed by atoms with Crippen molar-refractivity contribution in [3.8, 4) is 0 Å². The van der Waals surface area contributed by atoms with Gasteiger partial charge in [0.2, 0.25) is 0 Å². The Morgan fingerprint density at radius 2 is 2.00 bits per heavy atom. The molecule has 0 unspecified atom stereocenters. The Morgan fingerprint density at radius 3 is 2.67 bits per heavy atom. The molecule has 1 aromatic heterocycles. The smallest absolute Gasteiger partial charge is 0.345 e. The Balaban J connectivity index is 2.15. The molecule has 2 rings (SSSR count). The Labute approximate surface area is 102 Å². The number of alkyl halides is 3. The van der Waals surface area contributed by atoms with Gasteiger partial charge in [-0.2, -0.15) is 0 Å². The first-order valence-corrected chi connectivity index (χ1v) is 5.49. The van der Waals surface area contributed by atoms with E-state index in [0.29, 0.717) is 6.54 Å². The van der Waals surface area contributed by atoms with Crippen LogP contribution in [0, 0.1) is 0 Å². The third kappa shape index (κ3) is 2.83. The van der Waals surface area contributed by atoms with Crippen LogP contribution in [-0.2, 0) is 17.8 Å². The van der Waals surface area contributed by atoms with Crippen molar-refractivity contribution in [3.05, 3.63) is 36.0 Å². The van der Waals surface area contributed by atoms with Gasteiger partial charge in [-0.3, -0.25) is 4.74 Å². The number of nitrogens with two attached hydrogens (primary N) is 1. The Morgan fingerprint density at radius 1 is 1.22 bits per heavy atom. The highest BCUT2D eigenvalue weighted by Crippen LogP contribution is 2.21. The fourth-order valence-corrected chi connectivity index (χ4v) is 1.92. The lowest BCUT2D eigenvalue weighted by atomic mass is 10.1. The maximum atomic E-state index is 11.9. The summed E-state index contributed by atoms with van der Waals surface area (Å²) < 4.78 is 41.1. The average Bonchev–Trinajstić information content (AvgIpc) is 2.71. The van der Waals surface area contributed by atoms with Gasteiger partial charge in [0, 0.05) is 30.2 Å². The van der Waals surface area contributed by atoms with Crippen LogP contribution in [0.4, 0.5) is 13.2 Å². The molecule has 0 saturated carbocycles. The molecule has 0 bridgehead atoms. The monoisotopic (exact) mass is 258 g/mol. The molecule has 0 spiro atoms. The minimum atomic E-state index is -4.58. The molecule has 18 heavy (non-hydrogen) atoms. The number of hydrogen-bond donors (Lipinski definition) is 1. The van der Waals surface area contributed by atoms with Gasteiger partial charge in [0.1, 0.15) is 0 Å². The topological polar surface area (TPSA) is 40.2 Å². The van der Waals surface area contributed by atoms with Crippen molar-refractivity contribution in [2.75, 3.05) is 6.61 Å². The molecule has 0 fully saturated rings. The van der Waals surface area contributed by atoms with Crippen molar-refractivity contribution in [2.45, 2.75) is 19.5 Å². The van der Waals surface area contributed by atoms with E-state index >= 15 is 0 Å². The molecule has 0 atom stereocenters. The number of rotatable bonds is 4. The highest BCUT2D eigenvalue weighted by molar-refractivity contribution is 5.83. The maximum Gasteiger partial charge on any atom is 0.522 e. The van der Waals surface area contributed by atoms with Crippen molar-refractivity contribution < 1.29 is 17.9 Å². The zero-order valence-corrected chi connectivity index (χ0v) is 9.57. The van der Waals surface area contributed by atoms with Crippen molar-refractivity contribution in [1.29, 1.82) is 0 Å². The summed E-state index contributed by atoms with van der Waals surface area (Å²) in [5.74, 6) is 0. The number of halogens is 3. The second-order valence-corrected chi connectivity index (χ2v) is 3.86. The summed E-state index contributed by atoms with van der Waals surface area (Å²) in [5.41, 5.74) is 7.44. The van der Waals surface area contributed by atoms with E-state index in [1.54, 1.807) is 10.8 Å². The minimum Gasteiger partial charge on any atom is -0.345 e. The molecule has 0 saturated heterocycles. The van der Waals surface area contributed by atoms with Gasteiger partial charge in [0.15, 0.2) is 0 Å². The molecule has 0 radical (unpaired) electrons. The van der Waals surface area contributed by atoms with Gasteiger partial charge in [0.05, 0.1) is 6.61 Å². The first-order valence-electron chi connectivity index (χ1n) is 5.49. The summed E-state index contributed by atoms with van der Waals surface area (Å²) >= 11 is 0. The predicted octanol–water partition coefficient (Wildman–Crippen LogP) is 2.64. The number of benzene rings is 1. The molecule has 2 N–H and O–H groups in total. The van der Waals surface area contributed by atoms with Gasteiger partial charge in [0.25, 0.3) is 0 Å². The molecule has 0 aliphatic heterocycles. The zero-order chi connectivity index (χ0) is 13.2. The van der Waals surface area contributed by atoms with E-state index in [9.17, 15) is 13.2 Å². The summed E-state index contributed by atoms with van der Waals surface area (Å²) in [5, 5.41) is 0.965. The molecule has 6 heteroatoms. The van der Waals surface area contributed by atoms with E-state index in [1.165, 1.54) is 0 Å². The Bertz CT molecular complexity index is 534. The molecule has 0 aliphatic carbocycles. The van der Waals surface area contributed by atoms with Crippen LogP contribution in [0.3, 0.4) is 0 Å². The molecule has 2 aromatic rings. The highest BCUT2D eigenvalue weighted by atomic mass is 19.4. The Kier molecular flexibility index (Phi) is 3.58. The van der Waals surface area contributed by atoms with Crippen LogP contribution in [0.2, 0.25) is 0 Å². The fourth-order valence-electron chi connectivity index (χ4n) is 1.92. The van der Waals surface area contributed by atoms with E-state index in [-0.39, 0.29) is 6.54 Å². The van der Waals surface area contributed by atoms with Crippen LogP contribution in [0.15, 0.2) is 30.5 Å². The average molecular weight is 258 g/mol. The quantitative estimate of drug-likeness (QED) is 0.915. The van der Waals surface area contributed by atoms with Crippen molar-refractivity contribution in [1.82, 2.24) is 4.57 Å². The summed E-state index contributed by atoms with van der Waals surface area (Å²) in [6.07, 6.45) is -2.84. The molecule has 98 valence electrons. The van der Waals surface area contributed by atoms with Crippen LogP contribution in [0.5, 0.6) is 0 Å². The SMILES string of the molecule is NCc1cccc2c1ccn2CCOC(F)(F)F. The maximum absolute atomic E-state index is 11.9. The van der Waals surface area contributed by atoms with Crippen molar-refractivity contribution in [3.63, 3.8) is 0 Å². The van der Waals surface area contributed by atoms with E-state index in [1.807, 2.05) is 24.3 Å². The molecular formula is C12H13F3N2O. The second kappa shape index (κ2) is 4.99. The van der Waals surface area contributed by atoms with Crippen LogP contribution < -0.4 is 5.73 Å². The number of aromatic nitrogens is 1. The summed E-state index contributed by atoms with van der Waals surface area (Å²) in [6, 6.07) is 7.44. The first kappa shape index (κ1) is 12.9. The van der Waals surface area contributed by atoms with E-state index in [4.69, 9.17) is 5.73 Å². The van der Waals surface area contributed by atoms with Crippen molar-refractivity contribution in [2.24, 2.45) is 5.73 Å². The largest absolute Gasteiger partial charge is 0.522 e. The van der Waals surface area contributed by atoms with Crippen molar-refractivity contribution >= 4 is 10.9 Å². The van der Waals surface area contributed by atoms with Crippen LogP contribution in [0.1, 0.15) is 5.56 Å². The standard InChI is InChI=1S/C12H13F3N2O/c13-12(14,15)18-7-6-17-5-4-10-9(8-16)2-1-3-11(10)17/h1-5H,6-8,16H2. The van der Waals surface area contributed by atoms with E-state index in [2.05, 4.69) is 4.74 Å². The third-order valence-electron chi connectivity index (χ3n) is 2.72. The van der Waals surface area contributed by atoms with Gasteiger partial charge < -0.3 is 10.3 Å². The predicted molar refractivity (Wildman–Crippen MR) is 61.8 cm³/mol. The van der Waals surface area contributed by atoms with E-state index in [0.717, 1.165) is 16.5 Å². The molecule has 0 aliphatic rings.